The topological polar surface area (TPSA) is 52.7 Å². The van der Waals surface area contributed by atoms with Crippen molar-refractivity contribution >= 4 is 35.1 Å². The summed E-state index contributed by atoms with van der Waals surface area (Å²) < 4.78 is 0. The number of amides is 3. The molecule has 1 aliphatic rings. The summed E-state index contributed by atoms with van der Waals surface area (Å²) in [4.78, 5) is 27.5. The highest BCUT2D eigenvalue weighted by Gasteiger charge is 2.25. The Morgan fingerprint density at radius 1 is 1.23 bits per heavy atom. The second-order valence-electron chi connectivity index (χ2n) is 5.54. The zero-order valence-corrected chi connectivity index (χ0v) is 14.1. The van der Waals surface area contributed by atoms with Gasteiger partial charge in [0.1, 0.15) is 0 Å². The Hall–Kier alpha value is -1.46. The molecule has 1 aromatic rings. The minimum Gasteiger partial charge on any atom is -0.349 e. The number of urea groups is 1. The van der Waals surface area contributed by atoms with Crippen LogP contribution in [0.1, 0.15) is 23.2 Å². The molecule has 1 heterocycles. The first-order chi connectivity index (χ1) is 10.4. The van der Waals surface area contributed by atoms with Crippen molar-refractivity contribution in [3.8, 4) is 0 Å². The molecule has 1 aromatic carbocycles. The van der Waals surface area contributed by atoms with E-state index in [9.17, 15) is 9.59 Å². The molecule has 0 saturated carbocycles. The summed E-state index contributed by atoms with van der Waals surface area (Å²) in [7, 11) is 3.47. The average molecular weight is 344 g/mol. The van der Waals surface area contributed by atoms with Gasteiger partial charge in [0.15, 0.2) is 0 Å². The van der Waals surface area contributed by atoms with Crippen molar-refractivity contribution in [2.24, 2.45) is 0 Å². The van der Waals surface area contributed by atoms with Crippen LogP contribution in [-0.4, -0.2) is 55.0 Å². The molecule has 0 aliphatic carbocycles. The summed E-state index contributed by atoms with van der Waals surface area (Å²) in [6.07, 6.45) is 1.45. The maximum absolute atomic E-state index is 12.3. The number of halogens is 2. The highest BCUT2D eigenvalue weighted by Crippen LogP contribution is 2.21. The Morgan fingerprint density at radius 2 is 1.86 bits per heavy atom. The normalized spacial score (nSPS) is 15.5. The van der Waals surface area contributed by atoms with E-state index in [1.54, 1.807) is 42.1 Å². The number of carbonyl (C=O) groups is 2. The molecule has 7 heteroatoms. The highest BCUT2D eigenvalue weighted by molar-refractivity contribution is 6.35. The van der Waals surface area contributed by atoms with Gasteiger partial charge in [-0.05, 0) is 31.0 Å². The maximum Gasteiger partial charge on any atom is 0.319 e. The first kappa shape index (κ1) is 16.9. The third-order valence-electron chi connectivity index (χ3n) is 3.66. The van der Waals surface area contributed by atoms with E-state index in [0.717, 1.165) is 12.8 Å². The largest absolute Gasteiger partial charge is 0.349 e. The Morgan fingerprint density at radius 3 is 2.45 bits per heavy atom. The first-order valence-corrected chi connectivity index (χ1v) is 7.86. The van der Waals surface area contributed by atoms with Crippen LogP contribution in [0.15, 0.2) is 18.2 Å². The fourth-order valence-corrected chi connectivity index (χ4v) is 2.81. The lowest BCUT2D eigenvalue weighted by Crippen LogP contribution is -2.49. The predicted molar refractivity (Wildman–Crippen MR) is 87.6 cm³/mol. The van der Waals surface area contributed by atoms with Gasteiger partial charge in [0.2, 0.25) is 0 Å². The van der Waals surface area contributed by atoms with E-state index in [4.69, 9.17) is 23.2 Å². The number of piperidine rings is 1. The van der Waals surface area contributed by atoms with Crippen molar-refractivity contribution in [2.75, 3.05) is 27.2 Å². The lowest BCUT2D eigenvalue weighted by atomic mass is 10.0. The molecule has 5 nitrogen and oxygen atoms in total. The van der Waals surface area contributed by atoms with Crippen molar-refractivity contribution in [1.29, 1.82) is 0 Å². The van der Waals surface area contributed by atoms with E-state index in [-0.39, 0.29) is 18.0 Å². The first-order valence-electron chi connectivity index (χ1n) is 7.10. The standard InChI is InChI=1S/C15H19Cl2N3O2/c1-19(2)15(22)20-7-5-11(6-8-20)18-14(21)12-9-10(16)3-4-13(12)17/h3-4,9,11H,5-8H2,1-2H3,(H,18,21). The summed E-state index contributed by atoms with van der Waals surface area (Å²) in [6.45, 7) is 1.26. The molecule has 2 rings (SSSR count). The Kier molecular flexibility index (Phi) is 5.53. The van der Waals surface area contributed by atoms with Gasteiger partial charge in [-0.15, -0.1) is 0 Å². The maximum atomic E-state index is 12.3. The number of hydrogen-bond donors (Lipinski definition) is 1. The Labute approximate surface area is 140 Å². The van der Waals surface area contributed by atoms with Crippen LogP contribution in [0.2, 0.25) is 10.0 Å². The zero-order valence-electron chi connectivity index (χ0n) is 12.6. The number of nitrogens with zero attached hydrogens (tertiary/aromatic N) is 2. The van der Waals surface area contributed by atoms with Crippen molar-refractivity contribution < 1.29 is 9.59 Å². The molecule has 120 valence electrons. The van der Waals surface area contributed by atoms with Crippen LogP contribution in [0, 0.1) is 0 Å². The van der Waals surface area contributed by atoms with Gasteiger partial charge < -0.3 is 15.1 Å². The monoisotopic (exact) mass is 343 g/mol. The van der Waals surface area contributed by atoms with Crippen LogP contribution in [-0.2, 0) is 0 Å². The van der Waals surface area contributed by atoms with Gasteiger partial charge >= 0.3 is 6.03 Å². The molecule has 0 radical (unpaired) electrons. The van der Waals surface area contributed by atoms with Crippen LogP contribution in [0.4, 0.5) is 4.79 Å². The van der Waals surface area contributed by atoms with E-state index in [0.29, 0.717) is 28.7 Å². The van der Waals surface area contributed by atoms with E-state index >= 15 is 0 Å². The number of rotatable bonds is 2. The zero-order chi connectivity index (χ0) is 16.3. The Bertz CT molecular complexity index is 570. The van der Waals surface area contributed by atoms with Crippen molar-refractivity contribution in [2.45, 2.75) is 18.9 Å². The SMILES string of the molecule is CN(C)C(=O)N1CCC(NC(=O)c2cc(Cl)ccc2Cl)CC1. The minimum atomic E-state index is -0.232. The number of likely N-dealkylation sites (tertiary alicyclic amines) is 1. The van der Waals surface area contributed by atoms with Crippen molar-refractivity contribution in [1.82, 2.24) is 15.1 Å². The molecule has 0 aromatic heterocycles. The second-order valence-corrected chi connectivity index (χ2v) is 6.38. The third-order valence-corrected chi connectivity index (χ3v) is 4.22. The van der Waals surface area contributed by atoms with Gasteiger partial charge in [-0.1, -0.05) is 23.2 Å². The predicted octanol–water partition coefficient (Wildman–Crippen LogP) is 2.87. The molecule has 1 fully saturated rings. The van der Waals surface area contributed by atoms with Gasteiger partial charge in [0, 0.05) is 38.2 Å². The van der Waals surface area contributed by atoms with Gasteiger partial charge in [-0.3, -0.25) is 4.79 Å². The average Bonchev–Trinajstić information content (AvgIpc) is 2.49. The third kappa shape index (κ3) is 4.05. The quantitative estimate of drug-likeness (QED) is 0.897. The molecule has 0 unspecified atom stereocenters. The summed E-state index contributed by atoms with van der Waals surface area (Å²) in [5.41, 5.74) is 0.376. The van der Waals surface area contributed by atoms with Crippen LogP contribution < -0.4 is 5.32 Å². The van der Waals surface area contributed by atoms with E-state index < -0.39 is 0 Å². The highest BCUT2D eigenvalue weighted by atomic mass is 35.5. The molecule has 1 saturated heterocycles. The molecule has 1 N–H and O–H groups in total. The second kappa shape index (κ2) is 7.20. The summed E-state index contributed by atoms with van der Waals surface area (Å²) in [6, 6.07) is 4.85. The molecule has 0 bridgehead atoms. The van der Waals surface area contributed by atoms with Crippen LogP contribution >= 0.6 is 23.2 Å². The molecular formula is C15H19Cl2N3O2. The van der Waals surface area contributed by atoms with E-state index in [1.807, 2.05) is 0 Å². The molecule has 3 amide bonds. The number of carbonyl (C=O) groups excluding carboxylic acids is 2. The molecule has 0 spiro atoms. The number of nitrogens with one attached hydrogen (secondary N) is 1. The van der Waals surface area contributed by atoms with E-state index in [2.05, 4.69) is 5.32 Å². The smallest absolute Gasteiger partial charge is 0.319 e. The fraction of sp³-hybridized carbons (Fsp3) is 0.467. The van der Waals surface area contributed by atoms with Gasteiger partial charge in [0.25, 0.3) is 5.91 Å². The summed E-state index contributed by atoms with van der Waals surface area (Å²) >= 11 is 11.9. The summed E-state index contributed by atoms with van der Waals surface area (Å²) in [5, 5.41) is 3.81. The van der Waals surface area contributed by atoms with Crippen molar-refractivity contribution in [3.63, 3.8) is 0 Å². The fourth-order valence-electron chi connectivity index (χ4n) is 2.43. The summed E-state index contributed by atoms with van der Waals surface area (Å²) in [5.74, 6) is -0.232. The van der Waals surface area contributed by atoms with Gasteiger partial charge in [-0.2, -0.15) is 0 Å². The van der Waals surface area contributed by atoms with Crippen LogP contribution in [0.5, 0.6) is 0 Å². The van der Waals surface area contributed by atoms with Gasteiger partial charge in [-0.25, -0.2) is 4.79 Å². The number of hydrogen-bond acceptors (Lipinski definition) is 2. The lowest BCUT2D eigenvalue weighted by Gasteiger charge is -2.34. The van der Waals surface area contributed by atoms with Crippen molar-refractivity contribution in [3.05, 3.63) is 33.8 Å². The Balaban J connectivity index is 1.92. The molecular weight excluding hydrogens is 325 g/mol. The van der Waals surface area contributed by atoms with Gasteiger partial charge in [0.05, 0.1) is 10.6 Å². The van der Waals surface area contributed by atoms with E-state index in [1.165, 1.54) is 0 Å². The lowest BCUT2D eigenvalue weighted by molar-refractivity contribution is 0.0914. The molecule has 0 atom stereocenters. The number of benzene rings is 1. The van der Waals surface area contributed by atoms with Crippen LogP contribution in [0.3, 0.4) is 0 Å². The minimum absolute atomic E-state index is 0.00246. The molecule has 1 aliphatic heterocycles. The molecule has 22 heavy (non-hydrogen) atoms. The van der Waals surface area contributed by atoms with Crippen LogP contribution in [0.25, 0.3) is 0 Å².